The lowest BCUT2D eigenvalue weighted by molar-refractivity contribution is 0.335. The molecule has 0 spiro atoms. The summed E-state index contributed by atoms with van der Waals surface area (Å²) in [5.41, 5.74) is 2.59. The summed E-state index contributed by atoms with van der Waals surface area (Å²) in [6.07, 6.45) is 19.7. The second kappa shape index (κ2) is 10.4. The predicted octanol–water partition coefficient (Wildman–Crippen LogP) is 6.96. The van der Waals surface area contributed by atoms with Gasteiger partial charge in [-0.1, -0.05) is 87.3 Å². The Kier molecular flexibility index (Phi) is 7.88. The van der Waals surface area contributed by atoms with E-state index in [0.29, 0.717) is 5.92 Å². The summed E-state index contributed by atoms with van der Waals surface area (Å²) in [7, 11) is 0. The average Bonchev–Trinajstić information content (AvgIpc) is 2.66. The van der Waals surface area contributed by atoms with Crippen LogP contribution in [0.1, 0.15) is 87.7 Å². The van der Waals surface area contributed by atoms with Gasteiger partial charge in [-0.2, -0.15) is 0 Å². The van der Waals surface area contributed by atoms with Crippen molar-refractivity contribution in [3.05, 3.63) is 40.4 Å². The summed E-state index contributed by atoms with van der Waals surface area (Å²) in [6.45, 7) is 2.10. The first-order chi connectivity index (χ1) is 12.3. The molecule has 0 aliphatic heterocycles. The normalized spacial score (nSPS) is 20.4. The van der Waals surface area contributed by atoms with Crippen LogP contribution in [0.5, 0.6) is 0 Å². The molecule has 0 radical (unpaired) electrons. The number of halogens is 1. The van der Waals surface area contributed by atoms with Gasteiger partial charge in [-0.15, -0.1) is 0 Å². The standard InChI is InChI=1S/C23H34ClN/c24-23-18-20(13-14-22(23)21-11-5-2-6-12-21)10-7-16-25-17-15-19-8-3-1-4-9-19/h7,10,13-14,18-19,21,25H,1-6,8-9,11-12,15-17H2. The Morgan fingerprint density at radius 2 is 1.68 bits per heavy atom. The van der Waals surface area contributed by atoms with Crippen molar-refractivity contribution in [2.24, 2.45) is 5.92 Å². The number of hydrogen-bond acceptors (Lipinski definition) is 1. The Morgan fingerprint density at radius 1 is 0.960 bits per heavy atom. The van der Waals surface area contributed by atoms with E-state index in [2.05, 4.69) is 35.7 Å². The maximum absolute atomic E-state index is 6.56. The fraction of sp³-hybridized carbons (Fsp3) is 0.652. The first kappa shape index (κ1) is 19.0. The predicted molar refractivity (Wildman–Crippen MR) is 110 cm³/mol. The lowest BCUT2D eigenvalue weighted by Crippen LogP contribution is -2.19. The molecule has 25 heavy (non-hydrogen) atoms. The van der Waals surface area contributed by atoms with Crippen LogP contribution in [-0.4, -0.2) is 13.1 Å². The second-order valence-corrected chi connectivity index (χ2v) is 8.42. The van der Waals surface area contributed by atoms with E-state index < -0.39 is 0 Å². The van der Waals surface area contributed by atoms with Crippen molar-refractivity contribution in [3.8, 4) is 0 Å². The van der Waals surface area contributed by atoms with Crippen molar-refractivity contribution in [1.82, 2.24) is 5.32 Å². The molecule has 3 rings (SSSR count). The Balaban J connectivity index is 1.39. The van der Waals surface area contributed by atoms with Crippen molar-refractivity contribution in [2.75, 3.05) is 13.1 Å². The third-order valence-corrected chi connectivity index (χ3v) is 6.42. The minimum Gasteiger partial charge on any atom is -0.313 e. The maximum atomic E-state index is 6.56. The molecule has 0 heterocycles. The van der Waals surface area contributed by atoms with Crippen LogP contribution in [0, 0.1) is 5.92 Å². The fourth-order valence-corrected chi connectivity index (χ4v) is 4.90. The number of hydrogen-bond donors (Lipinski definition) is 1. The highest BCUT2D eigenvalue weighted by Crippen LogP contribution is 2.36. The summed E-state index contributed by atoms with van der Waals surface area (Å²) in [5.74, 6) is 1.65. The van der Waals surface area contributed by atoms with E-state index in [-0.39, 0.29) is 0 Å². The molecule has 2 aliphatic rings. The smallest absolute Gasteiger partial charge is 0.0446 e. The van der Waals surface area contributed by atoms with Crippen LogP contribution < -0.4 is 5.32 Å². The third kappa shape index (κ3) is 6.15. The molecule has 2 aliphatic carbocycles. The van der Waals surface area contributed by atoms with Gasteiger partial charge < -0.3 is 5.32 Å². The quantitative estimate of drug-likeness (QED) is 0.519. The molecule has 1 N–H and O–H groups in total. The second-order valence-electron chi connectivity index (χ2n) is 8.02. The maximum Gasteiger partial charge on any atom is 0.0446 e. The molecule has 0 unspecified atom stereocenters. The SMILES string of the molecule is Clc1cc(C=CCNCCC2CCCCC2)ccc1C1CCCCC1. The van der Waals surface area contributed by atoms with Gasteiger partial charge in [-0.05, 0) is 54.8 Å². The van der Waals surface area contributed by atoms with Gasteiger partial charge in [0.25, 0.3) is 0 Å². The zero-order valence-corrected chi connectivity index (χ0v) is 16.4. The molecule has 1 aromatic carbocycles. The van der Waals surface area contributed by atoms with E-state index in [0.717, 1.165) is 24.0 Å². The van der Waals surface area contributed by atoms with Gasteiger partial charge in [-0.3, -0.25) is 0 Å². The van der Waals surface area contributed by atoms with Gasteiger partial charge in [0.05, 0.1) is 0 Å². The molecule has 1 aromatic rings. The Hall–Kier alpha value is -0.790. The van der Waals surface area contributed by atoms with Crippen molar-refractivity contribution in [1.29, 1.82) is 0 Å². The molecule has 0 amide bonds. The fourth-order valence-electron chi connectivity index (χ4n) is 4.55. The highest BCUT2D eigenvalue weighted by molar-refractivity contribution is 6.31. The number of rotatable bonds is 7. The van der Waals surface area contributed by atoms with Crippen LogP contribution in [0.15, 0.2) is 24.3 Å². The Labute approximate surface area is 159 Å². The van der Waals surface area contributed by atoms with Crippen LogP contribution in [0.2, 0.25) is 5.02 Å². The van der Waals surface area contributed by atoms with Gasteiger partial charge >= 0.3 is 0 Å². The van der Waals surface area contributed by atoms with E-state index in [1.54, 1.807) is 0 Å². The number of benzene rings is 1. The molecule has 2 fully saturated rings. The van der Waals surface area contributed by atoms with Crippen molar-refractivity contribution in [2.45, 2.75) is 76.5 Å². The lowest BCUT2D eigenvalue weighted by atomic mass is 9.84. The minimum atomic E-state index is 0.681. The van der Waals surface area contributed by atoms with Crippen LogP contribution in [0.25, 0.3) is 6.08 Å². The molecule has 0 saturated heterocycles. The van der Waals surface area contributed by atoms with Crippen LogP contribution in [-0.2, 0) is 0 Å². The van der Waals surface area contributed by atoms with Crippen LogP contribution >= 0.6 is 11.6 Å². The summed E-state index contributed by atoms with van der Waals surface area (Å²) in [6, 6.07) is 6.63. The van der Waals surface area contributed by atoms with Crippen molar-refractivity contribution >= 4 is 17.7 Å². The third-order valence-electron chi connectivity index (χ3n) is 6.10. The van der Waals surface area contributed by atoms with E-state index in [4.69, 9.17) is 11.6 Å². The van der Waals surface area contributed by atoms with Gasteiger partial charge in [-0.25, -0.2) is 0 Å². The molecule has 0 bridgehead atoms. The Bertz CT molecular complexity index is 539. The van der Waals surface area contributed by atoms with E-state index in [1.807, 2.05) is 0 Å². The van der Waals surface area contributed by atoms with Gasteiger partial charge in [0, 0.05) is 11.6 Å². The topological polar surface area (TPSA) is 12.0 Å². The molecule has 0 aromatic heterocycles. The monoisotopic (exact) mass is 359 g/mol. The molecule has 138 valence electrons. The molecular formula is C23H34ClN. The lowest BCUT2D eigenvalue weighted by Gasteiger charge is -2.23. The zero-order valence-electron chi connectivity index (χ0n) is 15.6. The highest BCUT2D eigenvalue weighted by Gasteiger charge is 2.17. The molecule has 2 saturated carbocycles. The molecular weight excluding hydrogens is 326 g/mol. The molecule has 1 nitrogen and oxygen atoms in total. The van der Waals surface area contributed by atoms with Crippen molar-refractivity contribution < 1.29 is 0 Å². The largest absolute Gasteiger partial charge is 0.313 e. The number of nitrogens with one attached hydrogen (secondary N) is 1. The summed E-state index contributed by atoms with van der Waals surface area (Å²) < 4.78 is 0. The highest BCUT2D eigenvalue weighted by atomic mass is 35.5. The Morgan fingerprint density at radius 3 is 2.40 bits per heavy atom. The minimum absolute atomic E-state index is 0.681. The first-order valence-corrected chi connectivity index (χ1v) is 10.9. The van der Waals surface area contributed by atoms with E-state index >= 15 is 0 Å². The van der Waals surface area contributed by atoms with E-state index in [1.165, 1.54) is 81.8 Å². The summed E-state index contributed by atoms with van der Waals surface area (Å²) in [4.78, 5) is 0. The van der Waals surface area contributed by atoms with Crippen LogP contribution in [0.3, 0.4) is 0 Å². The average molecular weight is 360 g/mol. The summed E-state index contributed by atoms with van der Waals surface area (Å²) >= 11 is 6.56. The zero-order chi connectivity index (χ0) is 17.3. The van der Waals surface area contributed by atoms with Gasteiger partial charge in [0.1, 0.15) is 0 Å². The molecule has 0 atom stereocenters. The van der Waals surface area contributed by atoms with E-state index in [9.17, 15) is 0 Å². The first-order valence-electron chi connectivity index (χ1n) is 10.5. The van der Waals surface area contributed by atoms with Gasteiger partial charge in [0.2, 0.25) is 0 Å². The summed E-state index contributed by atoms with van der Waals surface area (Å²) in [5, 5.41) is 4.52. The molecule has 2 heteroatoms. The van der Waals surface area contributed by atoms with Gasteiger partial charge in [0.15, 0.2) is 0 Å². The van der Waals surface area contributed by atoms with Crippen molar-refractivity contribution in [3.63, 3.8) is 0 Å². The van der Waals surface area contributed by atoms with Crippen LogP contribution in [0.4, 0.5) is 0 Å².